The number of para-hydroxylation sites is 2. The molecule has 12 rings (SSSR count). The normalized spacial score (nSPS) is 11.7. The Bertz CT molecular complexity index is 3790. The lowest BCUT2D eigenvalue weighted by Crippen LogP contribution is -2.28. The number of fused-ring (bicyclic) bond motifs is 10. The molecule has 0 spiro atoms. The Hall–Kier alpha value is -8.56. The van der Waals surface area contributed by atoms with Gasteiger partial charge >= 0.3 is 0 Å². The Kier molecular flexibility index (Phi) is 7.63. The largest absolute Gasteiger partial charge is 0.455 e. The zero-order chi connectivity index (χ0) is 40.6. The highest BCUT2D eigenvalue weighted by molar-refractivity contribution is 6.22. The Morgan fingerprint density at radius 2 is 0.984 bits per heavy atom. The van der Waals surface area contributed by atoms with Gasteiger partial charge in [0.2, 0.25) is 0 Å². The van der Waals surface area contributed by atoms with Gasteiger partial charge in [-0.3, -0.25) is 14.2 Å². The van der Waals surface area contributed by atoms with E-state index in [1.54, 1.807) is 18.3 Å². The van der Waals surface area contributed by atoms with Gasteiger partial charge in [-0.15, -0.1) is 0 Å². The Balaban J connectivity index is 1.11. The fraction of sp³-hybridized carbons (Fsp3) is 0. The van der Waals surface area contributed by atoms with E-state index in [2.05, 4.69) is 4.57 Å². The van der Waals surface area contributed by atoms with Crippen LogP contribution in [0.3, 0.4) is 0 Å². The first-order valence-corrected chi connectivity index (χ1v) is 19.9. The van der Waals surface area contributed by atoms with Crippen molar-refractivity contribution in [3.05, 3.63) is 203 Å². The fourth-order valence-corrected chi connectivity index (χ4v) is 8.61. The molecule has 0 bridgehead atoms. The van der Waals surface area contributed by atoms with Crippen molar-refractivity contribution in [2.45, 2.75) is 0 Å². The molecule has 0 saturated heterocycles. The second-order valence-electron chi connectivity index (χ2n) is 15.0. The first-order valence-electron chi connectivity index (χ1n) is 19.9. The molecule has 0 aliphatic rings. The van der Waals surface area contributed by atoms with Crippen LogP contribution in [0, 0.1) is 0 Å². The molecule has 12 aromatic rings. The van der Waals surface area contributed by atoms with Crippen LogP contribution in [0.5, 0.6) is 0 Å². The molecule has 61 heavy (non-hydrogen) atoms. The number of nitrogens with zero attached hydrogens (tertiary/aromatic N) is 6. The second kappa shape index (κ2) is 13.5. The zero-order valence-corrected chi connectivity index (χ0v) is 32.2. The standard InChI is InChI=1S/C52H30N6O3/c59-51-42-29-41-39-20-12-28-53-50(39)57(35-24-22-33(23-25-35)49-55-47(31-13-4-1-5-14-31)54-48(56-49)32-15-6-2-7-16-32)43(41)30-40(42)37-26-27-38-36-19-10-11-21-44(36)61-46(38)45(37)52(60)58(51)34-17-8-3-9-18-34/h1-30H. The van der Waals surface area contributed by atoms with E-state index >= 15 is 0 Å². The van der Waals surface area contributed by atoms with Crippen LogP contribution in [0.4, 0.5) is 0 Å². The van der Waals surface area contributed by atoms with Gasteiger partial charge in [0.1, 0.15) is 16.8 Å². The molecule has 5 heterocycles. The molecule has 286 valence electrons. The minimum absolute atomic E-state index is 0.330. The molecule has 0 atom stereocenters. The summed E-state index contributed by atoms with van der Waals surface area (Å²) in [6.07, 6.45) is 1.77. The van der Waals surface area contributed by atoms with Crippen molar-refractivity contribution in [3.63, 3.8) is 0 Å². The first-order chi connectivity index (χ1) is 30.1. The zero-order valence-electron chi connectivity index (χ0n) is 32.2. The molecule has 5 aromatic heterocycles. The van der Waals surface area contributed by atoms with E-state index in [9.17, 15) is 9.59 Å². The summed E-state index contributed by atoms with van der Waals surface area (Å²) in [5.41, 5.74) is 5.68. The van der Waals surface area contributed by atoms with Gasteiger partial charge in [-0.25, -0.2) is 24.5 Å². The van der Waals surface area contributed by atoms with Crippen molar-refractivity contribution in [1.29, 1.82) is 0 Å². The van der Waals surface area contributed by atoms with Crippen LogP contribution in [0.25, 0.3) is 111 Å². The van der Waals surface area contributed by atoms with Gasteiger partial charge in [0.05, 0.1) is 16.6 Å². The van der Waals surface area contributed by atoms with Gasteiger partial charge in [-0.2, -0.15) is 0 Å². The minimum Gasteiger partial charge on any atom is -0.455 e. The topological polar surface area (TPSA) is 109 Å². The lowest BCUT2D eigenvalue weighted by Gasteiger charge is -2.10. The molecule has 0 unspecified atom stereocenters. The van der Waals surface area contributed by atoms with Crippen molar-refractivity contribution in [1.82, 2.24) is 29.1 Å². The number of hydrogen-bond acceptors (Lipinski definition) is 7. The van der Waals surface area contributed by atoms with Gasteiger partial charge in [0.25, 0.3) is 11.1 Å². The van der Waals surface area contributed by atoms with Crippen LogP contribution in [0.15, 0.2) is 196 Å². The van der Waals surface area contributed by atoms with Gasteiger partial charge in [-0.05, 0) is 83.6 Å². The van der Waals surface area contributed by atoms with Gasteiger partial charge in [-0.1, -0.05) is 103 Å². The van der Waals surface area contributed by atoms with Gasteiger partial charge in [0, 0.05) is 55.5 Å². The summed E-state index contributed by atoms with van der Waals surface area (Å²) in [4.78, 5) is 49.4. The van der Waals surface area contributed by atoms with E-state index in [0.717, 1.165) is 55.1 Å². The predicted octanol–water partition coefficient (Wildman–Crippen LogP) is 11.1. The van der Waals surface area contributed by atoms with Crippen LogP contribution in [0.1, 0.15) is 0 Å². The summed E-state index contributed by atoms with van der Waals surface area (Å²) in [5, 5.41) is 5.34. The average molecular weight is 787 g/mol. The third-order valence-electron chi connectivity index (χ3n) is 11.5. The molecule has 0 fully saturated rings. The maximum absolute atomic E-state index is 14.9. The Morgan fingerprint density at radius 3 is 1.67 bits per heavy atom. The quantitative estimate of drug-likeness (QED) is 0.171. The van der Waals surface area contributed by atoms with Crippen LogP contribution >= 0.6 is 0 Å². The summed E-state index contributed by atoms with van der Waals surface area (Å²) in [5.74, 6) is 1.71. The maximum Gasteiger partial charge on any atom is 0.269 e. The third-order valence-corrected chi connectivity index (χ3v) is 11.5. The SMILES string of the molecule is O=c1c2cc3c4cccnc4n(-c4ccc(-c5nc(-c6ccccc6)nc(-c6ccccc6)n5)cc4)c3cc2c2ccc3c4ccccc4oc3c2c(=O)n1-c1ccccc1. The monoisotopic (exact) mass is 786 g/mol. The number of benzene rings is 7. The van der Waals surface area contributed by atoms with Gasteiger partial charge < -0.3 is 4.42 Å². The molecule has 0 N–H and O–H groups in total. The van der Waals surface area contributed by atoms with E-state index in [1.165, 1.54) is 4.57 Å². The molecule has 0 saturated carbocycles. The summed E-state index contributed by atoms with van der Waals surface area (Å²) in [6.45, 7) is 0. The summed E-state index contributed by atoms with van der Waals surface area (Å²) >= 11 is 0. The lowest BCUT2D eigenvalue weighted by molar-refractivity contribution is 0.672. The van der Waals surface area contributed by atoms with E-state index in [0.29, 0.717) is 55.9 Å². The highest BCUT2D eigenvalue weighted by atomic mass is 16.3. The number of hydrogen-bond donors (Lipinski definition) is 0. The van der Waals surface area contributed by atoms with Crippen LogP contribution < -0.4 is 11.1 Å². The van der Waals surface area contributed by atoms with E-state index in [1.807, 2.05) is 164 Å². The van der Waals surface area contributed by atoms with Crippen molar-refractivity contribution in [2.75, 3.05) is 0 Å². The number of aromatic nitrogens is 6. The second-order valence-corrected chi connectivity index (χ2v) is 15.0. The summed E-state index contributed by atoms with van der Waals surface area (Å²) in [6, 6.07) is 56.4. The fourth-order valence-electron chi connectivity index (χ4n) is 8.61. The highest BCUT2D eigenvalue weighted by Crippen LogP contribution is 2.38. The lowest BCUT2D eigenvalue weighted by atomic mass is 10.0. The highest BCUT2D eigenvalue weighted by Gasteiger charge is 2.22. The molecule has 7 aromatic carbocycles. The maximum atomic E-state index is 14.9. The Morgan fingerprint density at radius 1 is 0.410 bits per heavy atom. The Labute approximate surface area is 346 Å². The number of rotatable bonds is 5. The van der Waals surface area contributed by atoms with Crippen LogP contribution in [-0.4, -0.2) is 29.1 Å². The van der Waals surface area contributed by atoms with Crippen LogP contribution in [0.2, 0.25) is 0 Å². The van der Waals surface area contributed by atoms with Crippen molar-refractivity contribution in [3.8, 4) is 45.5 Å². The van der Waals surface area contributed by atoms with E-state index < -0.39 is 11.1 Å². The summed E-state index contributed by atoms with van der Waals surface area (Å²) < 4.78 is 9.83. The first kappa shape index (κ1) is 34.5. The average Bonchev–Trinajstić information content (AvgIpc) is 3.84. The van der Waals surface area contributed by atoms with E-state index in [-0.39, 0.29) is 0 Å². The van der Waals surface area contributed by atoms with Crippen molar-refractivity contribution < 1.29 is 4.42 Å². The van der Waals surface area contributed by atoms with E-state index in [4.69, 9.17) is 24.4 Å². The third kappa shape index (κ3) is 5.41. The minimum atomic E-state index is -0.453. The molecule has 0 aliphatic carbocycles. The smallest absolute Gasteiger partial charge is 0.269 e. The van der Waals surface area contributed by atoms with Crippen molar-refractivity contribution >= 4 is 65.4 Å². The molecule has 9 nitrogen and oxygen atoms in total. The van der Waals surface area contributed by atoms with Crippen LogP contribution in [-0.2, 0) is 0 Å². The molecule has 9 heteroatoms. The molecule has 0 aliphatic heterocycles. The molecule has 0 radical (unpaired) electrons. The van der Waals surface area contributed by atoms with Gasteiger partial charge in [0.15, 0.2) is 17.5 Å². The summed E-state index contributed by atoms with van der Waals surface area (Å²) in [7, 11) is 0. The molecule has 0 amide bonds. The number of pyridine rings is 1. The molecular formula is C52H30N6O3. The molecular weight excluding hydrogens is 757 g/mol. The number of furan rings is 1. The predicted molar refractivity (Wildman–Crippen MR) is 242 cm³/mol. The van der Waals surface area contributed by atoms with Crippen molar-refractivity contribution in [2.24, 2.45) is 0 Å².